The first-order valence-electron chi connectivity index (χ1n) is 5.86. The summed E-state index contributed by atoms with van der Waals surface area (Å²) in [5.41, 5.74) is 7.51. The third-order valence-corrected chi connectivity index (χ3v) is 3.68. The maximum absolute atomic E-state index is 6.31. The van der Waals surface area contributed by atoms with Crippen molar-refractivity contribution in [2.24, 2.45) is 11.7 Å². The van der Waals surface area contributed by atoms with E-state index in [1.807, 2.05) is 24.3 Å². The Morgan fingerprint density at radius 1 is 1.38 bits per heavy atom. The largest absolute Gasteiger partial charge is 0.324 e. The Morgan fingerprint density at radius 2 is 2.06 bits per heavy atom. The van der Waals surface area contributed by atoms with Crippen LogP contribution in [0.2, 0.25) is 5.02 Å². The van der Waals surface area contributed by atoms with E-state index in [4.69, 9.17) is 17.3 Å². The zero-order valence-corrected chi connectivity index (χ0v) is 10.5. The SMILES string of the molecule is CN1CCCC(C(N)c2ccc(Cl)cc2)C1. The monoisotopic (exact) mass is 238 g/mol. The van der Waals surface area contributed by atoms with Crippen LogP contribution >= 0.6 is 11.6 Å². The van der Waals surface area contributed by atoms with Crippen molar-refractivity contribution in [1.82, 2.24) is 4.90 Å². The highest BCUT2D eigenvalue weighted by Crippen LogP contribution is 2.27. The molecule has 0 radical (unpaired) electrons. The molecule has 1 heterocycles. The molecule has 0 aliphatic carbocycles. The van der Waals surface area contributed by atoms with Gasteiger partial charge < -0.3 is 10.6 Å². The molecule has 0 amide bonds. The lowest BCUT2D eigenvalue weighted by atomic mass is 9.87. The minimum Gasteiger partial charge on any atom is -0.324 e. The maximum atomic E-state index is 6.31. The van der Waals surface area contributed by atoms with E-state index in [1.54, 1.807) is 0 Å². The Bertz CT molecular complexity index is 336. The summed E-state index contributed by atoms with van der Waals surface area (Å²) in [7, 11) is 2.17. The lowest BCUT2D eigenvalue weighted by molar-refractivity contribution is 0.188. The second-order valence-electron chi connectivity index (χ2n) is 4.74. The highest BCUT2D eigenvalue weighted by Gasteiger charge is 2.24. The van der Waals surface area contributed by atoms with E-state index < -0.39 is 0 Å². The lowest BCUT2D eigenvalue weighted by Crippen LogP contribution is -2.37. The molecule has 2 N–H and O–H groups in total. The summed E-state index contributed by atoms with van der Waals surface area (Å²) in [6, 6.07) is 8.07. The van der Waals surface area contributed by atoms with E-state index in [-0.39, 0.29) is 6.04 Å². The average Bonchev–Trinajstić information content (AvgIpc) is 2.29. The van der Waals surface area contributed by atoms with E-state index in [0.29, 0.717) is 5.92 Å². The van der Waals surface area contributed by atoms with Gasteiger partial charge in [0, 0.05) is 17.6 Å². The summed E-state index contributed by atoms with van der Waals surface area (Å²) in [6.45, 7) is 2.30. The van der Waals surface area contributed by atoms with Crippen molar-refractivity contribution in [2.75, 3.05) is 20.1 Å². The van der Waals surface area contributed by atoms with Crippen molar-refractivity contribution in [3.8, 4) is 0 Å². The second-order valence-corrected chi connectivity index (χ2v) is 5.18. The van der Waals surface area contributed by atoms with Gasteiger partial charge in [-0.2, -0.15) is 0 Å². The van der Waals surface area contributed by atoms with Gasteiger partial charge in [0.1, 0.15) is 0 Å². The highest BCUT2D eigenvalue weighted by atomic mass is 35.5. The van der Waals surface area contributed by atoms with Crippen molar-refractivity contribution in [1.29, 1.82) is 0 Å². The third kappa shape index (κ3) is 2.76. The van der Waals surface area contributed by atoms with Crippen molar-refractivity contribution in [2.45, 2.75) is 18.9 Å². The number of hydrogen-bond donors (Lipinski definition) is 1. The van der Waals surface area contributed by atoms with Gasteiger partial charge in [-0.05, 0) is 50.0 Å². The zero-order valence-electron chi connectivity index (χ0n) is 9.70. The number of nitrogens with zero attached hydrogens (tertiary/aromatic N) is 1. The van der Waals surface area contributed by atoms with Crippen LogP contribution in [0.4, 0.5) is 0 Å². The first-order valence-corrected chi connectivity index (χ1v) is 6.24. The lowest BCUT2D eigenvalue weighted by Gasteiger charge is -2.33. The molecular formula is C13H19ClN2. The summed E-state index contributed by atoms with van der Waals surface area (Å²) in [5.74, 6) is 0.569. The minimum absolute atomic E-state index is 0.139. The van der Waals surface area contributed by atoms with Gasteiger partial charge in [-0.25, -0.2) is 0 Å². The number of rotatable bonds is 2. The van der Waals surface area contributed by atoms with Crippen LogP contribution in [0.1, 0.15) is 24.4 Å². The predicted octanol–water partition coefficient (Wildman–Crippen LogP) is 2.68. The summed E-state index contributed by atoms with van der Waals surface area (Å²) in [6.07, 6.45) is 2.48. The molecule has 2 atom stereocenters. The Labute approximate surface area is 102 Å². The molecule has 0 aromatic heterocycles. The van der Waals surface area contributed by atoms with E-state index in [2.05, 4.69) is 11.9 Å². The minimum atomic E-state index is 0.139. The van der Waals surface area contributed by atoms with Crippen molar-refractivity contribution in [3.05, 3.63) is 34.9 Å². The molecule has 2 rings (SSSR count). The molecule has 2 unspecified atom stereocenters. The van der Waals surface area contributed by atoms with E-state index >= 15 is 0 Å². The zero-order chi connectivity index (χ0) is 11.5. The molecule has 1 aromatic rings. The molecule has 88 valence electrons. The Hall–Kier alpha value is -0.570. The fraction of sp³-hybridized carbons (Fsp3) is 0.538. The highest BCUT2D eigenvalue weighted by molar-refractivity contribution is 6.30. The second kappa shape index (κ2) is 5.17. The summed E-state index contributed by atoms with van der Waals surface area (Å²) >= 11 is 5.88. The van der Waals surface area contributed by atoms with Crippen LogP contribution in [-0.2, 0) is 0 Å². The predicted molar refractivity (Wildman–Crippen MR) is 68.6 cm³/mol. The number of nitrogens with two attached hydrogens (primary N) is 1. The van der Waals surface area contributed by atoms with Gasteiger partial charge in [0.15, 0.2) is 0 Å². The van der Waals surface area contributed by atoms with Gasteiger partial charge in [0.2, 0.25) is 0 Å². The maximum Gasteiger partial charge on any atom is 0.0406 e. The summed E-state index contributed by atoms with van der Waals surface area (Å²) in [4.78, 5) is 2.37. The fourth-order valence-electron chi connectivity index (χ4n) is 2.46. The van der Waals surface area contributed by atoms with Crippen LogP contribution in [0, 0.1) is 5.92 Å². The molecule has 0 spiro atoms. The number of halogens is 1. The molecular weight excluding hydrogens is 220 g/mol. The Balaban J connectivity index is 2.06. The smallest absolute Gasteiger partial charge is 0.0406 e. The number of piperidine rings is 1. The first kappa shape index (κ1) is 11.9. The molecule has 1 fully saturated rings. The molecule has 1 aliphatic rings. The van der Waals surface area contributed by atoms with Gasteiger partial charge in [-0.1, -0.05) is 23.7 Å². The summed E-state index contributed by atoms with van der Waals surface area (Å²) in [5, 5.41) is 0.775. The van der Waals surface area contributed by atoms with Gasteiger partial charge in [0.05, 0.1) is 0 Å². The molecule has 1 aromatic carbocycles. The molecule has 16 heavy (non-hydrogen) atoms. The van der Waals surface area contributed by atoms with Gasteiger partial charge >= 0.3 is 0 Å². The van der Waals surface area contributed by atoms with Crippen LogP contribution in [0.25, 0.3) is 0 Å². The topological polar surface area (TPSA) is 29.3 Å². The number of benzene rings is 1. The molecule has 1 aliphatic heterocycles. The number of hydrogen-bond acceptors (Lipinski definition) is 2. The Kier molecular flexibility index (Phi) is 3.85. The Morgan fingerprint density at radius 3 is 2.69 bits per heavy atom. The average molecular weight is 239 g/mol. The van der Waals surface area contributed by atoms with Crippen LogP contribution < -0.4 is 5.73 Å². The van der Waals surface area contributed by atoms with Crippen molar-refractivity contribution < 1.29 is 0 Å². The molecule has 0 saturated carbocycles. The van der Waals surface area contributed by atoms with E-state index in [1.165, 1.54) is 24.9 Å². The van der Waals surface area contributed by atoms with Crippen molar-refractivity contribution >= 4 is 11.6 Å². The van der Waals surface area contributed by atoms with Gasteiger partial charge in [-0.3, -0.25) is 0 Å². The van der Waals surface area contributed by atoms with Crippen molar-refractivity contribution in [3.63, 3.8) is 0 Å². The first-order chi connectivity index (χ1) is 7.66. The molecule has 0 bridgehead atoms. The number of likely N-dealkylation sites (tertiary alicyclic amines) is 1. The fourth-order valence-corrected chi connectivity index (χ4v) is 2.58. The third-order valence-electron chi connectivity index (χ3n) is 3.42. The van der Waals surface area contributed by atoms with E-state index in [0.717, 1.165) is 11.6 Å². The quantitative estimate of drug-likeness (QED) is 0.859. The van der Waals surface area contributed by atoms with Gasteiger partial charge in [-0.15, -0.1) is 0 Å². The summed E-state index contributed by atoms with van der Waals surface area (Å²) < 4.78 is 0. The van der Waals surface area contributed by atoms with Crippen LogP contribution in [0.15, 0.2) is 24.3 Å². The molecule has 2 nitrogen and oxygen atoms in total. The van der Waals surface area contributed by atoms with Crippen LogP contribution in [0.3, 0.4) is 0 Å². The van der Waals surface area contributed by atoms with E-state index in [9.17, 15) is 0 Å². The standard InChI is InChI=1S/C13H19ClN2/c1-16-8-2-3-11(9-16)13(15)10-4-6-12(14)7-5-10/h4-7,11,13H,2-3,8-9,15H2,1H3. The van der Waals surface area contributed by atoms with Gasteiger partial charge in [0.25, 0.3) is 0 Å². The molecule has 3 heteroatoms. The van der Waals surface area contributed by atoms with Crippen LogP contribution in [0.5, 0.6) is 0 Å². The normalized spacial score (nSPS) is 24.3. The van der Waals surface area contributed by atoms with Crippen LogP contribution in [-0.4, -0.2) is 25.0 Å². The molecule has 1 saturated heterocycles.